The van der Waals surface area contributed by atoms with E-state index in [0.29, 0.717) is 5.92 Å². The van der Waals surface area contributed by atoms with E-state index < -0.39 is 0 Å². The Labute approximate surface area is 120 Å². The summed E-state index contributed by atoms with van der Waals surface area (Å²) in [6.45, 7) is 7.40. The number of nitrogens with one attached hydrogen (secondary N) is 1. The zero-order chi connectivity index (χ0) is 14.0. The standard InChI is InChI=1S/C15H24N2OS/c1-10-7-8-16-13(9-10)15(18)17(4)12(3)14-6-5-11(2)19-14/h5-6,10,12-13,16H,7-9H2,1-4H3. The number of aryl methyl sites for hydroxylation is 1. The van der Waals surface area contributed by atoms with Gasteiger partial charge in [-0.05, 0) is 51.3 Å². The summed E-state index contributed by atoms with van der Waals surface area (Å²) in [5.41, 5.74) is 0. The molecular formula is C15H24N2OS. The SMILES string of the molecule is Cc1ccc(C(C)N(C)C(=O)C2CC(C)CCN2)s1. The lowest BCUT2D eigenvalue weighted by Gasteiger charge is -2.33. The van der Waals surface area contributed by atoms with Crippen molar-refractivity contribution in [1.29, 1.82) is 0 Å². The van der Waals surface area contributed by atoms with Crippen LogP contribution in [-0.2, 0) is 4.79 Å². The maximum Gasteiger partial charge on any atom is 0.239 e. The molecule has 0 radical (unpaired) electrons. The first-order valence-electron chi connectivity index (χ1n) is 7.05. The number of hydrogen-bond donors (Lipinski definition) is 1. The fraction of sp³-hybridized carbons (Fsp3) is 0.667. The van der Waals surface area contributed by atoms with Gasteiger partial charge in [-0.15, -0.1) is 11.3 Å². The van der Waals surface area contributed by atoms with Crippen molar-refractivity contribution in [3.8, 4) is 0 Å². The largest absolute Gasteiger partial charge is 0.337 e. The summed E-state index contributed by atoms with van der Waals surface area (Å²) in [5, 5.41) is 3.35. The van der Waals surface area contributed by atoms with Gasteiger partial charge in [-0.1, -0.05) is 6.92 Å². The van der Waals surface area contributed by atoms with Gasteiger partial charge < -0.3 is 10.2 Å². The second kappa shape index (κ2) is 6.06. The molecule has 3 atom stereocenters. The average Bonchev–Trinajstić information content (AvgIpc) is 2.83. The first-order chi connectivity index (χ1) is 8.99. The molecule has 1 fully saturated rings. The van der Waals surface area contributed by atoms with Crippen molar-refractivity contribution in [3.63, 3.8) is 0 Å². The zero-order valence-corrected chi connectivity index (χ0v) is 13.1. The van der Waals surface area contributed by atoms with E-state index in [1.165, 1.54) is 16.2 Å². The molecular weight excluding hydrogens is 256 g/mol. The van der Waals surface area contributed by atoms with Gasteiger partial charge in [0, 0.05) is 16.8 Å². The summed E-state index contributed by atoms with van der Waals surface area (Å²) in [4.78, 5) is 17.0. The number of carbonyl (C=O) groups excluding carboxylic acids is 1. The van der Waals surface area contributed by atoms with Crippen molar-refractivity contribution in [2.45, 2.75) is 45.7 Å². The molecule has 1 saturated heterocycles. The molecule has 3 nitrogen and oxygen atoms in total. The topological polar surface area (TPSA) is 32.3 Å². The van der Waals surface area contributed by atoms with Crippen molar-refractivity contribution in [3.05, 3.63) is 21.9 Å². The predicted molar refractivity (Wildman–Crippen MR) is 80.4 cm³/mol. The second-order valence-electron chi connectivity index (χ2n) is 5.71. The van der Waals surface area contributed by atoms with Crippen LogP contribution in [0.5, 0.6) is 0 Å². The van der Waals surface area contributed by atoms with E-state index in [-0.39, 0.29) is 18.0 Å². The lowest BCUT2D eigenvalue weighted by Crippen LogP contribution is -2.49. The third-order valence-corrected chi connectivity index (χ3v) is 5.24. The summed E-state index contributed by atoms with van der Waals surface area (Å²) in [5.74, 6) is 0.869. The van der Waals surface area contributed by atoms with Gasteiger partial charge in [0.15, 0.2) is 0 Å². The minimum Gasteiger partial charge on any atom is -0.337 e. The monoisotopic (exact) mass is 280 g/mol. The fourth-order valence-electron chi connectivity index (χ4n) is 2.60. The minimum absolute atomic E-state index is 0.00254. The number of hydrogen-bond acceptors (Lipinski definition) is 3. The third-order valence-electron chi connectivity index (χ3n) is 4.07. The molecule has 0 spiro atoms. The summed E-state index contributed by atoms with van der Waals surface area (Å²) in [6, 6.07) is 4.41. The van der Waals surface area contributed by atoms with Crippen LogP contribution in [0.3, 0.4) is 0 Å². The molecule has 4 heteroatoms. The molecule has 106 valence electrons. The van der Waals surface area contributed by atoms with Gasteiger partial charge in [0.2, 0.25) is 5.91 Å². The lowest BCUT2D eigenvalue weighted by atomic mass is 9.93. The highest BCUT2D eigenvalue weighted by molar-refractivity contribution is 7.12. The Bertz CT molecular complexity index is 443. The van der Waals surface area contributed by atoms with Crippen molar-refractivity contribution in [2.75, 3.05) is 13.6 Å². The fourth-order valence-corrected chi connectivity index (χ4v) is 3.57. The molecule has 1 aromatic heterocycles. The van der Waals surface area contributed by atoms with Gasteiger partial charge in [0.05, 0.1) is 12.1 Å². The molecule has 1 N–H and O–H groups in total. The first-order valence-corrected chi connectivity index (χ1v) is 7.87. The highest BCUT2D eigenvalue weighted by Gasteiger charge is 2.29. The number of carbonyl (C=O) groups is 1. The van der Waals surface area contributed by atoms with Crippen LogP contribution in [0, 0.1) is 12.8 Å². The maximum atomic E-state index is 12.5. The van der Waals surface area contributed by atoms with Crippen LogP contribution in [0.4, 0.5) is 0 Å². The Morgan fingerprint density at radius 2 is 2.26 bits per heavy atom. The predicted octanol–water partition coefficient (Wildman–Crippen LogP) is 2.96. The molecule has 1 amide bonds. The average molecular weight is 280 g/mol. The van der Waals surface area contributed by atoms with Gasteiger partial charge in [-0.25, -0.2) is 0 Å². The molecule has 1 aliphatic heterocycles. The molecule has 0 saturated carbocycles. The number of likely N-dealkylation sites (N-methyl/N-ethyl adjacent to an activating group) is 1. The molecule has 1 aromatic rings. The van der Waals surface area contributed by atoms with E-state index in [0.717, 1.165) is 13.0 Å². The molecule has 1 aliphatic rings. The van der Waals surface area contributed by atoms with Crippen LogP contribution < -0.4 is 5.32 Å². The summed E-state index contributed by atoms with van der Waals surface area (Å²) >= 11 is 1.77. The Morgan fingerprint density at radius 3 is 2.84 bits per heavy atom. The van der Waals surface area contributed by atoms with Crippen LogP contribution in [-0.4, -0.2) is 30.4 Å². The Morgan fingerprint density at radius 1 is 1.53 bits per heavy atom. The highest BCUT2D eigenvalue weighted by Crippen LogP contribution is 2.27. The van der Waals surface area contributed by atoms with Gasteiger partial charge in [0.25, 0.3) is 0 Å². The molecule has 2 heterocycles. The molecule has 0 aliphatic carbocycles. The van der Waals surface area contributed by atoms with Crippen LogP contribution in [0.2, 0.25) is 0 Å². The number of nitrogens with zero attached hydrogens (tertiary/aromatic N) is 1. The molecule has 2 rings (SSSR count). The second-order valence-corrected chi connectivity index (χ2v) is 7.03. The van der Waals surface area contributed by atoms with Gasteiger partial charge in [-0.2, -0.15) is 0 Å². The van der Waals surface area contributed by atoms with E-state index in [4.69, 9.17) is 0 Å². The van der Waals surface area contributed by atoms with Crippen molar-refractivity contribution >= 4 is 17.2 Å². The highest BCUT2D eigenvalue weighted by atomic mass is 32.1. The van der Waals surface area contributed by atoms with E-state index in [1.54, 1.807) is 11.3 Å². The minimum atomic E-state index is -0.00254. The summed E-state index contributed by atoms with van der Waals surface area (Å²) in [7, 11) is 1.92. The summed E-state index contributed by atoms with van der Waals surface area (Å²) < 4.78 is 0. The van der Waals surface area contributed by atoms with Crippen LogP contribution in [0.15, 0.2) is 12.1 Å². The van der Waals surface area contributed by atoms with Crippen LogP contribution in [0.25, 0.3) is 0 Å². The maximum absolute atomic E-state index is 12.5. The van der Waals surface area contributed by atoms with E-state index in [2.05, 4.69) is 38.2 Å². The van der Waals surface area contributed by atoms with Gasteiger partial charge in [-0.3, -0.25) is 4.79 Å². The van der Waals surface area contributed by atoms with E-state index in [1.807, 2.05) is 11.9 Å². The smallest absolute Gasteiger partial charge is 0.239 e. The van der Waals surface area contributed by atoms with Crippen molar-refractivity contribution < 1.29 is 4.79 Å². The van der Waals surface area contributed by atoms with Gasteiger partial charge in [0.1, 0.15) is 0 Å². The molecule has 0 aromatic carbocycles. The number of rotatable bonds is 3. The van der Waals surface area contributed by atoms with Crippen molar-refractivity contribution in [2.24, 2.45) is 5.92 Å². The zero-order valence-electron chi connectivity index (χ0n) is 12.3. The van der Waals surface area contributed by atoms with Crippen LogP contribution >= 0.6 is 11.3 Å². The number of amides is 1. The number of piperidine rings is 1. The molecule has 19 heavy (non-hydrogen) atoms. The van der Waals surface area contributed by atoms with Gasteiger partial charge >= 0.3 is 0 Å². The van der Waals surface area contributed by atoms with Crippen LogP contribution in [0.1, 0.15) is 42.5 Å². The number of thiophene rings is 1. The van der Waals surface area contributed by atoms with E-state index >= 15 is 0 Å². The lowest BCUT2D eigenvalue weighted by molar-refractivity contribution is -0.135. The van der Waals surface area contributed by atoms with Crippen molar-refractivity contribution in [1.82, 2.24) is 10.2 Å². The third kappa shape index (κ3) is 3.37. The first kappa shape index (κ1) is 14.5. The Kier molecular flexibility index (Phi) is 4.63. The Hall–Kier alpha value is -0.870. The quantitative estimate of drug-likeness (QED) is 0.923. The Balaban J connectivity index is 2.02. The summed E-state index contributed by atoms with van der Waals surface area (Å²) in [6.07, 6.45) is 2.13. The molecule has 0 bridgehead atoms. The normalized spacial score (nSPS) is 25.1. The van der Waals surface area contributed by atoms with E-state index in [9.17, 15) is 4.79 Å². The molecule has 3 unspecified atom stereocenters.